The van der Waals surface area contributed by atoms with Gasteiger partial charge in [0.25, 0.3) is 0 Å². The van der Waals surface area contributed by atoms with Crippen LogP contribution in [-0.2, 0) is 13.0 Å². The van der Waals surface area contributed by atoms with E-state index in [2.05, 4.69) is 51.0 Å². The first-order valence-corrected chi connectivity index (χ1v) is 10.5. The zero-order valence-corrected chi connectivity index (χ0v) is 18.0. The number of benzene rings is 2. The summed E-state index contributed by atoms with van der Waals surface area (Å²) in [6.07, 6.45) is 2.93. The van der Waals surface area contributed by atoms with Gasteiger partial charge in [0, 0.05) is 44.6 Å². The first-order valence-electron chi connectivity index (χ1n) is 10.5. The molecule has 30 heavy (non-hydrogen) atoms. The molecule has 1 aromatic heterocycles. The number of aromatic amines is 1. The van der Waals surface area contributed by atoms with Gasteiger partial charge in [-0.15, -0.1) is 0 Å². The van der Waals surface area contributed by atoms with Crippen LogP contribution in [0, 0.1) is 0 Å². The number of nitrogens with one attached hydrogen (secondary N) is 1. The van der Waals surface area contributed by atoms with E-state index in [0.717, 1.165) is 67.7 Å². The van der Waals surface area contributed by atoms with Crippen molar-refractivity contribution in [3.63, 3.8) is 0 Å². The number of aryl methyl sites for hydroxylation is 1. The fraction of sp³-hybridized carbons (Fsp3) is 0.375. The Balaban J connectivity index is 1.41. The Kier molecular flexibility index (Phi) is 6.23. The molecule has 0 bridgehead atoms. The molecule has 1 N–H and O–H groups in total. The number of anilines is 1. The van der Waals surface area contributed by atoms with Gasteiger partial charge in [0.15, 0.2) is 0 Å². The van der Waals surface area contributed by atoms with Crippen molar-refractivity contribution in [2.75, 3.05) is 45.3 Å². The summed E-state index contributed by atoms with van der Waals surface area (Å²) in [6, 6.07) is 14.5. The molecule has 0 saturated carbocycles. The van der Waals surface area contributed by atoms with Crippen LogP contribution in [0.3, 0.4) is 0 Å². The molecule has 1 saturated heterocycles. The summed E-state index contributed by atoms with van der Waals surface area (Å²) >= 11 is 0. The number of ether oxygens (including phenoxy) is 2. The first kappa shape index (κ1) is 20.3. The van der Waals surface area contributed by atoms with Gasteiger partial charge < -0.3 is 19.4 Å². The maximum atomic E-state index is 5.55. The van der Waals surface area contributed by atoms with Crippen LogP contribution in [0.2, 0.25) is 0 Å². The summed E-state index contributed by atoms with van der Waals surface area (Å²) in [5, 5.41) is 0. The SMILES string of the molecule is CCc1ccc(OC)c(-c2ncc(CN3CCN(c4ccccc4OC)CC3)[nH]2)c1. The van der Waals surface area contributed by atoms with Crippen molar-refractivity contribution in [1.29, 1.82) is 0 Å². The van der Waals surface area contributed by atoms with Crippen molar-refractivity contribution >= 4 is 5.69 Å². The number of hydrogen-bond acceptors (Lipinski definition) is 5. The number of hydrogen-bond donors (Lipinski definition) is 1. The van der Waals surface area contributed by atoms with Crippen molar-refractivity contribution < 1.29 is 9.47 Å². The number of imidazole rings is 1. The van der Waals surface area contributed by atoms with Crippen LogP contribution >= 0.6 is 0 Å². The van der Waals surface area contributed by atoms with Gasteiger partial charge in [0.05, 0.1) is 25.5 Å². The number of para-hydroxylation sites is 2. The highest BCUT2D eigenvalue weighted by atomic mass is 16.5. The van der Waals surface area contributed by atoms with Crippen LogP contribution in [0.1, 0.15) is 18.2 Å². The van der Waals surface area contributed by atoms with Gasteiger partial charge >= 0.3 is 0 Å². The van der Waals surface area contributed by atoms with E-state index in [4.69, 9.17) is 9.47 Å². The normalized spacial score (nSPS) is 14.7. The number of H-pyrrole nitrogens is 1. The molecule has 0 unspecified atom stereocenters. The summed E-state index contributed by atoms with van der Waals surface area (Å²) in [4.78, 5) is 13.0. The van der Waals surface area contributed by atoms with Gasteiger partial charge in [0.1, 0.15) is 17.3 Å². The zero-order valence-electron chi connectivity index (χ0n) is 18.0. The van der Waals surface area contributed by atoms with Crippen LogP contribution in [0.25, 0.3) is 11.4 Å². The van der Waals surface area contributed by atoms with E-state index in [-0.39, 0.29) is 0 Å². The van der Waals surface area contributed by atoms with Crippen molar-refractivity contribution in [2.45, 2.75) is 19.9 Å². The summed E-state index contributed by atoms with van der Waals surface area (Å²) in [6.45, 7) is 6.98. The summed E-state index contributed by atoms with van der Waals surface area (Å²) in [5.41, 5.74) is 4.59. The van der Waals surface area contributed by atoms with Crippen molar-refractivity contribution in [3.8, 4) is 22.9 Å². The quantitative estimate of drug-likeness (QED) is 0.643. The number of aromatic nitrogens is 2. The molecule has 1 aliphatic rings. The monoisotopic (exact) mass is 406 g/mol. The fourth-order valence-electron chi connectivity index (χ4n) is 4.02. The maximum Gasteiger partial charge on any atom is 0.142 e. The van der Waals surface area contributed by atoms with Crippen LogP contribution in [0.15, 0.2) is 48.7 Å². The predicted molar refractivity (Wildman–Crippen MR) is 120 cm³/mol. The molecule has 6 nitrogen and oxygen atoms in total. The Morgan fingerprint density at radius 2 is 1.73 bits per heavy atom. The van der Waals surface area contributed by atoms with Gasteiger partial charge in [-0.05, 0) is 36.2 Å². The van der Waals surface area contributed by atoms with E-state index in [9.17, 15) is 0 Å². The standard InChI is InChI=1S/C24H30N4O2/c1-4-18-9-10-22(29-2)20(15-18)24-25-16-19(26-24)17-27-11-13-28(14-12-27)21-7-5-6-8-23(21)30-3/h5-10,15-16H,4,11-14,17H2,1-3H3,(H,25,26). The van der Waals surface area contributed by atoms with E-state index < -0.39 is 0 Å². The van der Waals surface area contributed by atoms with Crippen LogP contribution in [0.4, 0.5) is 5.69 Å². The minimum atomic E-state index is 0.846. The van der Waals surface area contributed by atoms with Gasteiger partial charge in [-0.3, -0.25) is 4.90 Å². The van der Waals surface area contributed by atoms with Crippen molar-refractivity contribution in [1.82, 2.24) is 14.9 Å². The lowest BCUT2D eigenvalue weighted by atomic mass is 10.1. The molecule has 0 amide bonds. The highest BCUT2D eigenvalue weighted by Gasteiger charge is 2.20. The number of methoxy groups -OCH3 is 2. The molecule has 0 atom stereocenters. The summed E-state index contributed by atoms with van der Waals surface area (Å²) in [5.74, 6) is 2.65. The Hall–Kier alpha value is -2.99. The molecule has 6 heteroatoms. The highest BCUT2D eigenvalue weighted by Crippen LogP contribution is 2.30. The number of piperazine rings is 1. The van der Waals surface area contributed by atoms with Crippen molar-refractivity contribution in [2.24, 2.45) is 0 Å². The topological polar surface area (TPSA) is 53.6 Å². The molecule has 2 aromatic carbocycles. The average molecular weight is 407 g/mol. The third-order valence-corrected chi connectivity index (χ3v) is 5.75. The molecular formula is C24H30N4O2. The molecule has 0 spiro atoms. The van der Waals surface area contributed by atoms with E-state index in [1.807, 2.05) is 24.4 Å². The van der Waals surface area contributed by atoms with Crippen molar-refractivity contribution in [3.05, 3.63) is 59.9 Å². The lowest BCUT2D eigenvalue weighted by Gasteiger charge is -2.36. The molecule has 0 aliphatic carbocycles. The molecule has 3 aromatic rings. The predicted octanol–water partition coefficient (Wildman–Crippen LogP) is 3.98. The second kappa shape index (κ2) is 9.22. The number of rotatable bonds is 7. The molecule has 1 aliphatic heterocycles. The largest absolute Gasteiger partial charge is 0.496 e. The third kappa shape index (κ3) is 4.28. The zero-order chi connectivity index (χ0) is 20.9. The van der Waals surface area contributed by atoms with Gasteiger partial charge in [0.2, 0.25) is 0 Å². The van der Waals surface area contributed by atoms with E-state index in [1.54, 1.807) is 14.2 Å². The molecule has 0 radical (unpaired) electrons. The lowest BCUT2D eigenvalue weighted by Crippen LogP contribution is -2.46. The first-order chi connectivity index (χ1) is 14.7. The van der Waals surface area contributed by atoms with E-state index in [1.165, 1.54) is 11.3 Å². The minimum Gasteiger partial charge on any atom is -0.496 e. The smallest absolute Gasteiger partial charge is 0.142 e. The van der Waals surface area contributed by atoms with Gasteiger partial charge in [-0.25, -0.2) is 4.98 Å². The Morgan fingerprint density at radius 1 is 0.967 bits per heavy atom. The fourth-order valence-corrected chi connectivity index (χ4v) is 4.02. The minimum absolute atomic E-state index is 0.846. The molecule has 1 fully saturated rings. The molecule has 4 rings (SSSR count). The highest BCUT2D eigenvalue weighted by molar-refractivity contribution is 5.65. The third-order valence-electron chi connectivity index (χ3n) is 5.75. The van der Waals surface area contributed by atoms with Crippen LogP contribution < -0.4 is 14.4 Å². The Bertz CT molecular complexity index is 977. The average Bonchev–Trinajstić information content (AvgIpc) is 3.27. The maximum absolute atomic E-state index is 5.55. The second-order valence-corrected chi connectivity index (χ2v) is 7.58. The Morgan fingerprint density at radius 3 is 2.47 bits per heavy atom. The van der Waals surface area contributed by atoms with E-state index in [0.29, 0.717) is 0 Å². The summed E-state index contributed by atoms with van der Waals surface area (Å²) in [7, 11) is 3.44. The second-order valence-electron chi connectivity index (χ2n) is 7.58. The lowest BCUT2D eigenvalue weighted by molar-refractivity contribution is 0.247. The Labute approximate surface area is 178 Å². The van der Waals surface area contributed by atoms with Gasteiger partial charge in [-0.1, -0.05) is 25.1 Å². The number of nitrogens with zero attached hydrogens (tertiary/aromatic N) is 3. The molecule has 158 valence electrons. The van der Waals surface area contributed by atoms with Crippen LogP contribution in [0.5, 0.6) is 11.5 Å². The van der Waals surface area contributed by atoms with Gasteiger partial charge in [-0.2, -0.15) is 0 Å². The molecule has 2 heterocycles. The van der Waals surface area contributed by atoms with Crippen LogP contribution in [-0.4, -0.2) is 55.3 Å². The molecular weight excluding hydrogens is 376 g/mol. The van der Waals surface area contributed by atoms with E-state index >= 15 is 0 Å². The summed E-state index contributed by atoms with van der Waals surface area (Å²) < 4.78 is 11.1.